The second kappa shape index (κ2) is 6.79. The molecule has 0 saturated heterocycles. The van der Waals surface area contributed by atoms with Gasteiger partial charge in [0.2, 0.25) is 0 Å². The molecule has 2 aliphatic carbocycles. The summed E-state index contributed by atoms with van der Waals surface area (Å²) < 4.78 is 57.5. The zero-order chi connectivity index (χ0) is 22.0. The maximum atomic E-state index is 14.6. The molecule has 0 heterocycles. The van der Waals surface area contributed by atoms with Gasteiger partial charge in [-0.25, -0.2) is 17.6 Å². The van der Waals surface area contributed by atoms with Gasteiger partial charge in [-0.15, -0.1) is 0 Å². The number of nitriles is 1. The Morgan fingerprint density at radius 2 is 1.83 bits per heavy atom. The van der Waals surface area contributed by atoms with Crippen LogP contribution in [0.1, 0.15) is 83.8 Å². The summed E-state index contributed by atoms with van der Waals surface area (Å²) in [7, 11) is 0. The number of aliphatic hydroxyl groups excluding tert-OH is 1. The quantitative estimate of drug-likeness (QED) is 0.667. The number of hydrogen-bond acceptors (Lipinski definition) is 3. The van der Waals surface area contributed by atoms with E-state index in [1.165, 1.54) is 19.9 Å². The Balaban J connectivity index is 1.97. The van der Waals surface area contributed by atoms with Crippen LogP contribution >= 0.6 is 0 Å². The summed E-state index contributed by atoms with van der Waals surface area (Å²) in [6.45, 7) is 2.90. The molecule has 158 valence electrons. The molecule has 0 aliphatic heterocycles. The van der Waals surface area contributed by atoms with E-state index < -0.39 is 42.0 Å². The predicted octanol–water partition coefficient (Wildman–Crippen LogP) is 5.09. The first kappa shape index (κ1) is 20.8. The van der Waals surface area contributed by atoms with Crippen LogP contribution in [0.25, 0.3) is 0 Å². The third-order valence-electron chi connectivity index (χ3n) is 6.21. The number of fused-ring (bicyclic) bond motifs is 2. The van der Waals surface area contributed by atoms with Crippen LogP contribution in [0.5, 0.6) is 0 Å². The van der Waals surface area contributed by atoms with Crippen LogP contribution in [-0.4, -0.2) is 16.1 Å². The Hall–Kier alpha value is -2.43. The van der Waals surface area contributed by atoms with Gasteiger partial charge < -0.3 is 10.2 Å². The van der Waals surface area contributed by atoms with Crippen LogP contribution in [0.4, 0.5) is 17.6 Å². The summed E-state index contributed by atoms with van der Waals surface area (Å²) in [6, 6.07) is 7.07. The van der Waals surface area contributed by atoms with Crippen molar-refractivity contribution >= 4 is 0 Å². The largest absolute Gasteiger partial charge is 0.386 e. The Morgan fingerprint density at radius 3 is 2.47 bits per heavy atom. The summed E-state index contributed by atoms with van der Waals surface area (Å²) in [5.41, 5.74) is -0.282. The van der Waals surface area contributed by atoms with Crippen molar-refractivity contribution in [2.75, 3.05) is 0 Å². The summed E-state index contributed by atoms with van der Waals surface area (Å²) in [5.74, 6) is -4.73. The van der Waals surface area contributed by atoms with Crippen LogP contribution in [-0.2, 0) is 12.0 Å². The molecule has 0 spiro atoms. The Labute approximate surface area is 171 Å². The van der Waals surface area contributed by atoms with Gasteiger partial charge in [-0.3, -0.25) is 0 Å². The van der Waals surface area contributed by atoms with E-state index in [4.69, 9.17) is 0 Å². The molecule has 2 aromatic rings. The molecule has 2 aromatic carbocycles. The lowest BCUT2D eigenvalue weighted by molar-refractivity contribution is -0.0979. The minimum Gasteiger partial charge on any atom is -0.386 e. The molecule has 2 aliphatic rings. The first-order chi connectivity index (χ1) is 14.0. The maximum Gasteiger partial charge on any atom is 0.281 e. The molecular formula is C23H21F4NO2. The van der Waals surface area contributed by atoms with Crippen molar-refractivity contribution in [2.45, 2.75) is 62.8 Å². The van der Waals surface area contributed by atoms with E-state index in [9.17, 15) is 33.0 Å². The molecule has 0 fully saturated rings. The van der Waals surface area contributed by atoms with Crippen molar-refractivity contribution in [3.05, 3.63) is 69.0 Å². The Bertz CT molecular complexity index is 1070. The Kier molecular flexibility index (Phi) is 4.72. The van der Waals surface area contributed by atoms with Crippen molar-refractivity contribution in [2.24, 2.45) is 0 Å². The lowest BCUT2D eigenvalue weighted by Gasteiger charge is -2.32. The van der Waals surface area contributed by atoms with Gasteiger partial charge in [0.25, 0.3) is 5.92 Å². The smallest absolute Gasteiger partial charge is 0.281 e. The lowest BCUT2D eigenvalue weighted by Crippen LogP contribution is -2.24. The molecular weight excluding hydrogens is 398 g/mol. The van der Waals surface area contributed by atoms with Crippen LogP contribution in [0.15, 0.2) is 24.3 Å². The highest BCUT2D eigenvalue weighted by Gasteiger charge is 2.50. The fourth-order valence-corrected chi connectivity index (χ4v) is 4.90. The van der Waals surface area contributed by atoms with Gasteiger partial charge >= 0.3 is 0 Å². The van der Waals surface area contributed by atoms with Crippen LogP contribution in [0.3, 0.4) is 0 Å². The average molecular weight is 419 g/mol. The van der Waals surface area contributed by atoms with Gasteiger partial charge in [0.15, 0.2) is 0 Å². The third-order valence-corrected chi connectivity index (χ3v) is 6.21. The van der Waals surface area contributed by atoms with Gasteiger partial charge in [0, 0.05) is 12.3 Å². The van der Waals surface area contributed by atoms with Crippen LogP contribution in [0.2, 0.25) is 0 Å². The highest BCUT2D eigenvalue weighted by molar-refractivity contribution is 5.57. The summed E-state index contributed by atoms with van der Waals surface area (Å²) in [6.07, 6.45) is -3.93. The molecule has 3 nitrogen and oxygen atoms in total. The van der Waals surface area contributed by atoms with Crippen molar-refractivity contribution in [3.63, 3.8) is 0 Å². The first-order valence-electron chi connectivity index (χ1n) is 9.77. The molecule has 30 heavy (non-hydrogen) atoms. The van der Waals surface area contributed by atoms with E-state index in [1.807, 2.05) is 6.07 Å². The average Bonchev–Trinajstić information content (AvgIpc) is 2.90. The van der Waals surface area contributed by atoms with Crippen molar-refractivity contribution in [1.29, 1.82) is 5.26 Å². The van der Waals surface area contributed by atoms with Gasteiger partial charge in [0.1, 0.15) is 18.1 Å². The van der Waals surface area contributed by atoms with E-state index in [0.717, 1.165) is 12.1 Å². The summed E-state index contributed by atoms with van der Waals surface area (Å²) >= 11 is 0. The zero-order valence-electron chi connectivity index (χ0n) is 16.5. The molecule has 4 rings (SSSR count). The SMILES string of the molecule is CC(C)(O)c1ccc(C2CCC(F)c3cc(F)cc(C#N)c32)c2c1[C@H](O)C(F)(F)C2. The normalized spacial score (nSPS) is 24.8. The van der Waals surface area contributed by atoms with Gasteiger partial charge in [0.05, 0.1) is 17.2 Å². The number of alkyl halides is 3. The molecule has 3 atom stereocenters. The number of hydrogen-bond donors (Lipinski definition) is 2. The van der Waals surface area contributed by atoms with Crippen molar-refractivity contribution < 1.29 is 27.8 Å². The molecule has 0 saturated carbocycles. The number of benzene rings is 2. The molecule has 0 aromatic heterocycles. The monoisotopic (exact) mass is 419 g/mol. The second-order valence-electron chi connectivity index (χ2n) is 8.66. The molecule has 7 heteroatoms. The highest BCUT2D eigenvalue weighted by atomic mass is 19.3. The third kappa shape index (κ3) is 3.10. The van der Waals surface area contributed by atoms with Crippen molar-refractivity contribution in [1.82, 2.24) is 0 Å². The number of rotatable bonds is 2. The molecule has 0 amide bonds. The zero-order valence-corrected chi connectivity index (χ0v) is 16.5. The minimum atomic E-state index is -3.42. The summed E-state index contributed by atoms with van der Waals surface area (Å²) in [5, 5.41) is 30.3. The van der Waals surface area contributed by atoms with E-state index in [2.05, 4.69) is 0 Å². The minimum absolute atomic E-state index is 0.0189. The topological polar surface area (TPSA) is 64.2 Å². The second-order valence-corrected chi connectivity index (χ2v) is 8.66. The highest BCUT2D eigenvalue weighted by Crippen LogP contribution is 2.52. The number of nitrogens with zero attached hydrogens (tertiary/aromatic N) is 1. The van der Waals surface area contributed by atoms with Crippen LogP contribution < -0.4 is 0 Å². The van der Waals surface area contributed by atoms with Gasteiger partial charge in [-0.05, 0) is 72.2 Å². The fraction of sp³-hybridized carbons (Fsp3) is 0.435. The van der Waals surface area contributed by atoms with E-state index in [1.54, 1.807) is 6.07 Å². The van der Waals surface area contributed by atoms with E-state index >= 15 is 0 Å². The van der Waals surface area contributed by atoms with Gasteiger partial charge in [-0.1, -0.05) is 12.1 Å². The van der Waals surface area contributed by atoms with Crippen LogP contribution in [0, 0.1) is 17.1 Å². The summed E-state index contributed by atoms with van der Waals surface area (Å²) in [4.78, 5) is 0. The van der Waals surface area contributed by atoms with Gasteiger partial charge in [-0.2, -0.15) is 5.26 Å². The predicted molar refractivity (Wildman–Crippen MR) is 101 cm³/mol. The fourth-order valence-electron chi connectivity index (χ4n) is 4.90. The van der Waals surface area contributed by atoms with E-state index in [-0.39, 0.29) is 40.7 Å². The van der Waals surface area contributed by atoms with E-state index in [0.29, 0.717) is 11.1 Å². The number of aliphatic hydroxyl groups is 2. The first-order valence-corrected chi connectivity index (χ1v) is 9.77. The number of halogens is 4. The molecule has 0 radical (unpaired) electrons. The lowest BCUT2D eigenvalue weighted by atomic mass is 9.73. The standard InChI is InChI=1S/C23H21F4NO2/c1-22(2,30)17-5-3-13(16-9-23(26,27)21(29)20(16)17)14-4-6-18(25)15-8-12(24)7-11(10-28)19(14)15/h3,5,7-8,14,18,21,29-30H,4,6,9H2,1-2H3/t14?,18?,21-/m0/s1. The molecule has 0 bridgehead atoms. The molecule has 2 N–H and O–H groups in total. The van der Waals surface area contributed by atoms with Crippen molar-refractivity contribution in [3.8, 4) is 6.07 Å². The molecule has 2 unspecified atom stereocenters. The Morgan fingerprint density at radius 1 is 1.13 bits per heavy atom. The maximum absolute atomic E-state index is 14.6.